The fraction of sp³-hybridized carbons (Fsp3) is 0.400. The second-order valence-electron chi connectivity index (χ2n) is 5.05. The first kappa shape index (κ1) is 16.8. The van der Waals surface area contributed by atoms with Crippen LogP contribution in [0.4, 0.5) is 5.69 Å². The molecule has 1 heterocycles. The first-order chi connectivity index (χ1) is 11.1. The Morgan fingerprint density at radius 2 is 2.09 bits per heavy atom. The lowest BCUT2D eigenvalue weighted by atomic mass is 10.2. The molecule has 0 spiro atoms. The van der Waals surface area contributed by atoms with Gasteiger partial charge in [-0.25, -0.2) is 0 Å². The van der Waals surface area contributed by atoms with Crippen LogP contribution in [0.15, 0.2) is 24.3 Å². The molecule has 1 saturated heterocycles. The topological polar surface area (TPSA) is 114 Å². The Kier molecular flexibility index (Phi) is 5.53. The highest BCUT2D eigenvalue weighted by Gasteiger charge is 2.34. The lowest BCUT2D eigenvalue weighted by molar-refractivity contribution is -0.127. The first-order valence-corrected chi connectivity index (χ1v) is 7.27. The number of nitrogens with one attached hydrogen (secondary N) is 2. The predicted molar refractivity (Wildman–Crippen MR) is 84.0 cm³/mol. The van der Waals surface area contributed by atoms with Crippen LogP contribution in [0.3, 0.4) is 0 Å². The largest absolute Gasteiger partial charge is 0.495 e. The fourth-order valence-corrected chi connectivity index (χ4v) is 2.40. The molecule has 1 aromatic rings. The number of anilines is 1. The maximum absolute atomic E-state index is 12.5. The zero-order valence-corrected chi connectivity index (χ0v) is 12.9. The molecule has 1 aliphatic heterocycles. The van der Waals surface area contributed by atoms with Gasteiger partial charge in [-0.2, -0.15) is 0 Å². The lowest BCUT2D eigenvalue weighted by Crippen LogP contribution is -2.46. The quantitative estimate of drug-likeness (QED) is 0.621. The molecule has 1 aromatic carbocycles. The Hall–Kier alpha value is -2.61. The van der Waals surface area contributed by atoms with Crippen LogP contribution in [0, 0.1) is 0 Å². The molecule has 4 N–H and O–H groups in total. The normalized spacial score (nSPS) is 17.0. The van der Waals surface area contributed by atoms with Crippen molar-refractivity contribution in [2.24, 2.45) is 5.73 Å². The van der Waals surface area contributed by atoms with Crippen molar-refractivity contribution in [3.63, 3.8) is 0 Å². The number of amides is 3. The minimum Gasteiger partial charge on any atom is -0.495 e. The van der Waals surface area contributed by atoms with E-state index in [-0.39, 0.29) is 19.0 Å². The molecule has 1 aliphatic rings. The van der Waals surface area contributed by atoms with Crippen molar-refractivity contribution in [3.8, 4) is 5.75 Å². The lowest BCUT2D eigenvalue weighted by Gasteiger charge is -2.19. The summed E-state index contributed by atoms with van der Waals surface area (Å²) in [5.41, 5.74) is 5.81. The number of rotatable bonds is 6. The number of carbonyl (C=O) groups is 3. The van der Waals surface area contributed by atoms with E-state index in [1.807, 2.05) is 12.1 Å². The summed E-state index contributed by atoms with van der Waals surface area (Å²) in [6, 6.07) is 6.60. The zero-order chi connectivity index (χ0) is 16.8. The molecule has 2 rings (SSSR count). The number of hydrogen-bond acceptors (Lipinski definition) is 5. The molecule has 0 saturated carbocycles. The zero-order valence-electron chi connectivity index (χ0n) is 12.9. The van der Waals surface area contributed by atoms with Crippen LogP contribution < -0.4 is 26.0 Å². The van der Waals surface area contributed by atoms with Crippen molar-refractivity contribution in [2.75, 3.05) is 31.6 Å². The highest BCUT2D eigenvalue weighted by atomic mass is 16.5. The summed E-state index contributed by atoms with van der Waals surface area (Å²) in [6.07, 6.45) is 0.494. The van der Waals surface area contributed by atoms with E-state index in [0.29, 0.717) is 24.4 Å². The van der Waals surface area contributed by atoms with E-state index in [1.165, 1.54) is 0 Å². The SMILES string of the molecule is COc1ccccc1N1CCC(NC(=O)CNC(=O)CN)C1=O. The number of benzene rings is 1. The van der Waals surface area contributed by atoms with Gasteiger partial charge in [-0.1, -0.05) is 12.1 Å². The van der Waals surface area contributed by atoms with Gasteiger partial charge >= 0.3 is 0 Å². The summed E-state index contributed by atoms with van der Waals surface area (Å²) in [5, 5.41) is 4.98. The number of hydrogen-bond donors (Lipinski definition) is 3. The Morgan fingerprint density at radius 3 is 2.78 bits per heavy atom. The van der Waals surface area contributed by atoms with Crippen LogP contribution in [-0.2, 0) is 14.4 Å². The van der Waals surface area contributed by atoms with Crippen molar-refractivity contribution in [1.29, 1.82) is 0 Å². The third-order valence-electron chi connectivity index (χ3n) is 3.55. The van der Waals surface area contributed by atoms with Crippen molar-refractivity contribution >= 4 is 23.4 Å². The van der Waals surface area contributed by atoms with Gasteiger partial charge in [0.2, 0.25) is 17.7 Å². The summed E-state index contributed by atoms with van der Waals surface area (Å²) >= 11 is 0. The smallest absolute Gasteiger partial charge is 0.249 e. The van der Waals surface area contributed by atoms with Crippen LogP contribution in [0.5, 0.6) is 5.75 Å². The third kappa shape index (κ3) is 3.98. The van der Waals surface area contributed by atoms with Crippen molar-refractivity contribution in [1.82, 2.24) is 10.6 Å². The Morgan fingerprint density at radius 1 is 1.35 bits per heavy atom. The fourth-order valence-electron chi connectivity index (χ4n) is 2.40. The van der Waals surface area contributed by atoms with E-state index < -0.39 is 17.9 Å². The molecule has 8 heteroatoms. The average molecular weight is 320 g/mol. The maximum Gasteiger partial charge on any atom is 0.249 e. The van der Waals surface area contributed by atoms with E-state index >= 15 is 0 Å². The van der Waals surface area contributed by atoms with E-state index in [0.717, 1.165) is 0 Å². The molecule has 3 amide bonds. The Labute approximate surface area is 134 Å². The second-order valence-corrected chi connectivity index (χ2v) is 5.05. The summed E-state index contributed by atoms with van der Waals surface area (Å²) < 4.78 is 5.26. The molecule has 23 heavy (non-hydrogen) atoms. The summed E-state index contributed by atoms with van der Waals surface area (Å²) in [6.45, 7) is 0.102. The monoisotopic (exact) mass is 320 g/mol. The predicted octanol–water partition coefficient (Wildman–Crippen LogP) is -1.01. The average Bonchev–Trinajstić information content (AvgIpc) is 2.93. The molecule has 8 nitrogen and oxygen atoms in total. The number of nitrogens with two attached hydrogens (primary N) is 1. The van der Waals surface area contributed by atoms with Gasteiger partial charge < -0.3 is 26.0 Å². The standard InChI is InChI=1S/C15H20N4O4/c1-23-12-5-3-2-4-11(12)19-7-6-10(15(19)22)18-14(21)9-17-13(20)8-16/h2-5,10H,6-9,16H2,1H3,(H,17,20)(H,18,21). The van der Waals surface area contributed by atoms with E-state index in [9.17, 15) is 14.4 Å². The van der Waals surface area contributed by atoms with Crippen LogP contribution in [0.25, 0.3) is 0 Å². The minimum atomic E-state index is -0.609. The van der Waals surface area contributed by atoms with Crippen molar-refractivity contribution in [2.45, 2.75) is 12.5 Å². The Balaban J connectivity index is 1.96. The third-order valence-corrected chi connectivity index (χ3v) is 3.55. The molecule has 124 valence electrons. The molecule has 0 aliphatic carbocycles. The van der Waals surface area contributed by atoms with Gasteiger partial charge in [0.05, 0.1) is 25.9 Å². The second kappa shape index (κ2) is 7.59. The Bertz CT molecular complexity index is 605. The molecule has 1 atom stereocenters. The molecule has 1 fully saturated rings. The van der Waals surface area contributed by atoms with Gasteiger partial charge in [0.25, 0.3) is 0 Å². The van der Waals surface area contributed by atoms with Crippen LogP contribution in [0.1, 0.15) is 6.42 Å². The number of nitrogens with zero attached hydrogens (tertiary/aromatic N) is 1. The molecule has 0 bridgehead atoms. The number of para-hydroxylation sites is 2. The van der Waals surface area contributed by atoms with Gasteiger partial charge in [0.1, 0.15) is 11.8 Å². The summed E-state index contributed by atoms with van der Waals surface area (Å²) in [7, 11) is 1.54. The van der Waals surface area contributed by atoms with Crippen LogP contribution in [-0.4, -0.2) is 50.5 Å². The molecular weight excluding hydrogens is 300 g/mol. The van der Waals surface area contributed by atoms with Gasteiger partial charge in [-0.3, -0.25) is 14.4 Å². The van der Waals surface area contributed by atoms with E-state index in [1.54, 1.807) is 24.1 Å². The first-order valence-electron chi connectivity index (χ1n) is 7.27. The highest BCUT2D eigenvalue weighted by Crippen LogP contribution is 2.30. The van der Waals surface area contributed by atoms with Gasteiger partial charge in [-0.15, -0.1) is 0 Å². The van der Waals surface area contributed by atoms with E-state index in [4.69, 9.17) is 10.5 Å². The minimum absolute atomic E-state index is 0.183. The number of carbonyl (C=O) groups excluding carboxylic acids is 3. The number of methoxy groups -OCH3 is 1. The molecule has 0 aromatic heterocycles. The molecular formula is C15H20N4O4. The van der Waals surface area contributed by atoms with Crippen LogP contribution >= 0.6 is 0 Å². The van der Waals surface area contributed by atoms with E-state index in [2.05, 4.69) is 10.6 Å². The van der Waals surface area contributed by atoms with Gasteiger partial charge in [0.15, 0.2) is 0 Å². The number of ether oxygens (including phenoxy) is 1. The van der Waals surface area contributed by atoms with Gasteiger partial charge in [0, 0.05) is 6.54 Å². The van der Waals surface area contributed by atoms with Crippen molar-refractivity contribution < 1.29 is 19.1 Å². The molecule has 0 radical (unpaired) electrons. The summed E-state index contributed by atoms with van der Waals surface area (Å²) in [4.78, 5) is 36.8. The maximum atomic E-state index is 12.5. The van der Waals surface area contributed by atoms with Crippen LogP contribution in [0.2, 0.25) is 0 Å². The molecule has 1 unspecified atom stereocenters. The van der Waals surface area contributed by atoms with Gasteiger partial charge in [-0.05, 0) is 18.6 Å². The van der Waals surface area contributed by atoms with Crippen molar-refractivity contribution in [3.05, 3.63) is 24.3 Å². The summed E-state index contributed by atoms with van der Waals surface area (Å²) in [5.74, 6) is -0.448. The highest BCUT2D eigenvalue weighted by molar-refractivity contribution is 6.02.